The van der Waals surface area contributed by atoms with Gasteiger partial charge in [0.2, 0.25) is 0 Å². The summed E-state index contributed by atoms with van der Waals surface area (Å²) in [6.45, 7) is 8.23. The molecule has 0 saturated carbocycles. The molecule has 0 saturated heterocycles. The van der Waals surface area contributed by atoms with Gasteiger partial charge in [-0.15, -0.1) is 0 Å². The highest BCUT2D eigenvalue weighted by atomic mass is 19.4. The molecular formula is C9H11F3. The van der Waals surface area contributed by atoms with Gasteiger partial charge >= 0.3 is 6.18 Å². The normalized spacial score (nSPS) is 12.0. The van der Waals surface area contributed by atoms with Crippen LogP contribution in [0.4, 0.5) is 13.2 Å². The highest BCUT2D eigenvalue weighted by Crippen LogP contribution is 2.25. The van der Waals surface area contributed by atoms with Gasteiger partial charge in [-0.1, -0.05) is 37.8 Å². The Morgan fingerprint density at radius 1 is 1.25 bits per heavy atom. The van der Waals surface area contributed by atoms with E-state index >= 15 is 0 Å². The van der Waals surface area contributed by atoms with Gasteiger partial charge in [-0.2, -0.15) is 13.2 Å². The molecule has 0 aliphatic rings. The van der Waals surface area contributed by atoms with E-state index in [1.165, 1.54) is 6.08 Å². The van der Waals surface area contributed by atoms with Gasteiger partial charge in [-0.05, 0) is 6.42 Å². The van der Waals surface area contributed by atoms with E-state index in [1.54, 1.807) is 0 Å². The van der Waals surface area contributed by atoms with Crippen molar-refractivity contribution in [3.8, 4) is 0 Å². The summed E-state index contributed by atoms with van der Waals surface area (Å²) < 4.78 is 35.5. The zero-order valence-corrected chi connectivity index (χ0v) is 6.91. The first-order valence-electron chi connectivity index (χ1n) is 3.50. The Hall–Kier alpha value is -0.990. The van der Waals surface area contributed by atoms with Crippen molar-refractivity contribution in [3.63, 3.8) is 0 Å². The van der Waals surface area contributed by atoms with Gasteiger partial charge in [0.15, 0.2) is 0 Å². The number of hydrogen-bond acceptors (Lipinski definition) is 0. The molecule has 0 unspecified atom stereocenters. The Kier molecular flexibility index (Phi) is 3.80. The summed E-state index contributed by atoms with van der Waals surface area (Å²) in [5.41, 5.74) is -0.197. The molecule has 0 N–H and O–H groups in total. The monoisotopic (exact) mass is 176 g/mol. The van der Waals surface area contributed by atoms with E-state index < -0.39 is 11.7 Å². The molecule has 0 amide bonds. The van der Waals surface area contributed by atoms with E-state index in [0.29, 0.717) is 12.0 Å². The van der Waals surface area contributed by atoms with Gasteiger partial charge in [0, 0.05) is 5.57 Å². The minimum atomic E-state index is -4.33. The van der Waals surface area contributed by atoms with Crippen molar-refractivity contribution < 1.29 is 13.2 Å². The van der Waals surface area contributed by atoms with Crippen molar-refractivity contribution in [3.05, 3.63) is 36.5 Å². The van der Waals surface area contributed by atoms with Crippen molar-refractivity contribution in [2.45, 2.75) is 19.5 Å². The largest absolute Gasteiger partial charge is 0.415 e. The molecule has 0 nitrogen and oxygen atoms in total. The standard InChI is InChI=1S/C9H11F3/c1-4-7(2)5-6-8(3)9(10,11)12/h5-6H,2-4H2,1H3/b6-5-. The topological polar surface area (TPSA) is 0 Å². The summed E-state index contributed by atoms with van der Waals surface area (Å²) in [6.07, 6.45) is -1.42. The summed E-state index contributed by atoms with van der Waals surface area (Å²) in [6, 6.07) is 0. The SMILES string of the molecule is C=C(/C=C\C(=C)C(F)(F)F)CC. The number of allylic oxidation sites excluding steroid dienone is 4. The first-order chi connectivity index (χ1) is 5.38. The predicted octanol–water partition coefficient (Wildman–Crippen LogP) is 3.63. The van der Waals surface area contributed by atoms with Gasteiger partial charge < -0.3 is 0 Å². The lowest BCUT2D eigenvalue weighted by Gasteiger charge is -2.04. The Morgan fingerprint density at radius 3 is 2.08 bits per heavy atom. The first-order valence-corrected chi connectivity index (χ1v) is 3.50. The van der Waals surface area contributed by atoms with Gasteiger partial charge in [-0.25, -0.2) is 0 Å². The molecule has 0 aliphatic carbocycles. The lowest BCUT2D eigenvalue weighted by atomic mass is 10.2. The lowest BCUT2D eigenvalue weighted by molar-refractivity contribution is -0.0878. The minimum absolute atomic E-state index is 0.641. The van der Waals surface area contributed by atoms with Crippen LogP contribution in [0.3, 0.4) is 0 Å². The van der Waals surface area contributed by atoms with Gasteiger partial charge in [0.05, 0.1) is 0 Å². The quantitative estimate of drug-likeness (QED) is 0.576. The van der Waals surface area contributed by atoms with E-state index in [1.807, 2.05) is 6.92 Å². The van der Waals surface area contributed by atoms with Crippen molar-refractivity contribution in [1.29, 1.82) is 0 Å². The van der Waals surface area contributed by atoms with E-state index in [-0.39, 0.29) is 0 Å². The number of rotatable bonds is 3. The van der Waals surface area contributed by atoms with Crippen LogP contribution in [-0.4, -0.2) is 6.18 Å². The van der Waals surface area contributed by atoms with Gasteiger partial charge in [0.25, 0.3) is 0 Å². The Balaban J connectivity index is 4.19. The molecule has 3 heteroatoms. The summed E-state index contributed by atoms with van der Waals surface area (Å²) in [5, 5.41) is 0. The third-order valence-corrected chi connectivity index (χ3v) is 1.34. The molecule has 0 rings (SSSR count). The van der Waals surface area contributed by atoms with Crippen molar-refractivity contribution in [2.75, 3.05) is 0 Å². The molecule has 0 heterocycles. The summed E-state index contributed by atoms with van der Waals surface area (Å²) in [4.78, 5) is 0. The van der Waals surface area contributed by atoms with Crippen molar-refractivity contribution in [1.82, 2.24) is 0 Å². The molecule has 0 radical (unpaired) electrons. The highest BCUT2D eigenvalue weighted by molar-refractivity contribution is 5.26. The van der Waals surface area contributed by atoms with E-state index in [2.05, 4.69) is 13.2 Å². The molecule has 0 spiro atoms. The van der Waals surface area contributed by atoms with Crippen LogP contribution in [0, 0.1) is 0 Å². The maximum atomic E-state index is 11.8. The zero-order chi connectivity index (χ0) is 9.78. The predicted molar refractivity (Wildman–Crippen MR) is 43.8 cm³/mol. The van der Waals surface area contributed by atoms with Crippen molar-refractivity contribution in [2.24, 2.45) is 0 Å². The molecule has 0 fully saturated rings. The average Bonchev–Trinajstić information content (AvgIpc) is 1.97. The molecule has 68 valence electrons. The minimum Gasteiger partial charge on any atom is -0.166 e. The summed E-state index contributed by atoms with van der Waals surface area (Å²) >= 11 is 0. The summed E-state index contributed by atoms with van der Waals surface area (Å²) in [7, 11) is 0. The lowest BCUT2D eigenvalue weighted by Crippen LogP contribution is -2.08. The molecule has 0 aromatic rings. The molecule has 0 atom stereocenters. The maximum absolute atomic E-state index is 11.8. The number of halogens is 3. The van der Waals surface area contributed by atoms with Crippen LogP contribution in [0.1, 0.15) is 13.3 Å². The average molecular weight is 176 g/mol. The van der Waals surface area contributed by atoms with Crippen LogP contribution in [0.5, 0.6) is 0 Å². The molecule has 12 heavy (non-hydrogen) atoms. The van der Waals surface area contributed by atoms with Gasteiger partial charge in [0.1, 0.15) is 0 Å². The Bertz CT molecular complexity index is 208. The van der Waals surface area contributed by atoms with E-state index in [4.69, 9.17) is 0 Å². The van der Waals surface area contributed by atoms with E-state index in [0.717, 1.165) is 6.08 Å². The highest BCUT2D eigenvalue weighted by Gasteiger charge is 2.29. The fourth-order valence-electron chi connectivity index (χ4n) is 0.431. The van der Waals surface area contributed by atoms with Crippen LogP contribution >= 0.6 is 0 Å². The van der Waals surface area contributed by atoms with Crippen LogP contribution in [-0.2, 0) is 0 Å². The molecule has 0 bridgehead atoms. The third kappa shape index (κ3) is 4.01. The van der Waals surface area contributed by atoms with Crippen LogP contribution in [0.2, 0.25) is 0 Å². The fraction of sp³-hybridized carbons (Fsp3) is 0.333. The fourth-order valence-corrected chi connectivity index (χ4v) is 0.431. The second kappa shape index (κ2) is 4.14. The van der Waals surface area contributed by atoms with Gasteiger partial charge in [-0.3, -0.25) is 0 Å². The molecular weight excluding hydrogens is 165 g/mol. The Labute approximate surface area is 70.1 Å². The van der Waals surface area contributed by atoms with E-state index in [9.17, 15) is 13.2 Å². The second-order valence-corrected chi connectivity index (χ2v) is 2.37. The summed E-state index contributed by atoms with van der Waals surface area (Å²) in [5.74, 6) is 0. The number of alkyl halides is 3. The molecule has 0 aliphatic heterocycles. The first kappa shape index (κ1) is 11.0. The maximum Gasteiger partial charge on any atom is 0.415 e. The number of hydrogen-bond donors (Lipinski definition) is 0. The second-order valence-electron chi connectivity index (χ2n) is 2.37. The van der Waals surface area contributed by atoms with Crippen LogP contribution < -0.4 is 0 Å². The smallest absolute Gasteiger partial charge is 0.166 e. The molecule has 0 aromatic carbocycles. The third-order valence-electron chi connectivity index (χ3n) is 1.34. The van der Waals surface area contributed by atoms with Crippen LogP contribution in [0.25, 0.3) is 0 Å². The zero-order valence-electron chi connectivity index (χ0n) is 6.91. The van der Waals surface area contributed by atoms with Crippen molar-refractivity contribution >= 4 is 0 Å². The van der Waals surface area contributed by atoms with Crippen LogP contribution in [0.15, 0.2) is 36.5 Å². The Morgan fingerprint density at radius 2 is 1.75 bits per heavy atom. The molecule has 0 aromatic heterocycles.